The lowest BCUT2D eigenvalue weighted by atomic mass is 10.2. The van der Waals surface area contributed by atoms with E-state index in [1.165, 1.54) is 25.4 Å². The molecule has 0 aliphatic carbocycles. The Balaban J connectivity index is 2.04. The van der Waals surface area contributed by atoms with Gasteiger partial charge in [-0.3, -0.25) is 4.79 Å². The van der Waals surface area contributed by atoms with Crippen LogP contribution in [-0.2, 0) is 11.2 Å². The number of halogens is 1. The van der Waals surface area contributed by atoms with Crippen molar-refractivity contribution in [1.82, 2.24) is 5.16 Å². The summed E-state index contributed by atoms with van der Waals surface area (Å²) >= 11 is 0. The van der Waals surface area contributed by atoms with E-state index in [0.29, 0.717) is 30.0 Å². The van der Waals surface area contributed by atoms with Crippen LogP contribution in [0.5, 0.6) is 5.75 Å². The van der Waals surface area contributed by atoms with Crippen LogP contribution in [0, 0.1) is 5.82 Å². The van der Waals surface area contributed by atoms with E-state index in [9.17, 15) is 9.18 Å². The van der Waals surface area contributed by atoms with Gasteiger partial charge in [-0.25, -0.2) is 4.39 Å². The lowest BCUT2D eigenvalue weighted by Crippen LogP contribution is -2.13. The predicted molar refractivity (Wildman–Crippen MR) is 77.6 cm³/mol. The Morgan fingerprint density at radius 2 is 2.23 bits per heavy atom. The van der Waals surface area contributed by atoms with Crippen LogP contribution in [0.3, 0.4) is 0 Å². The van der Waals surface area contributed by atoms with Gasteiger partial charge in [0, 0.05) is 25.3 Å². The highest BCUT2D eigenvalue weighted by molar-refractivity contribution is 6.04. The highest BCUT2D eigenvalue weighted by Crippen LogP contribution is 2.22. The normalized spacial score (nSPS) is 10.5. The van der Waals surface area contributed by atoms with Crippen LogP contribution in [0.4, 0.5) is 10.1 Å². The number of nitrogens with zero attached hydrogens (tertiary/aromatic N) is 1. The maximum atomic E-state index is 13.9. The van der Waals surface area contributed by atoms with Crippen LogP contribution in [-0.4, -0.2) is 31.4 Å². The molecule has 0 aliphatic heterocycles. The van der Waals surface area contributed by atoms with Crippen molar-refractivity contribution in [2.75, 3.05) is 25.6 Å². The Morgan fingerprint density at radius 1 is 1.41 bits per heavy atom. The summed E-state index contributed by atoms with van der Waals surface area (Å²) in [5.41, 5.74) is 0.660. The summed E-state index contributed by atoms with van der Waals surface area (Å²) in [5.74, 6) is -0.368. The number of carbonyl (C=O) groups excluding carboxylic acids is 1. The van der Waals surface area contributed by atoms with Crippen molar-refractivity contribution < 1.29 is 23.2 Å². The second-order valence-corrected chi connectivity index (χ2v) is 4.46. The number of methoxy groups -OCH3 is 1. The van der Waals surface area contributed by atoms with E-state index in [4.69, 9.17) is 14.0 Å². The molecule has 0 saturated carbocycles. The van der Waals surface area contributed by atoms with Crippen molar-refractivity contribution >= 4 is 11.6 Å². The third-order valence-electron chi connectivity index (χ3n) is 2.95. The van der Waals surface area contributed by atoms with E-state index in [2.05, 4.69) is 10.5 Å². The zero-order chi connectivity index (χ0) is 15.9. The summed E-state index contributed by atoms with van der Waals surface area (Å²) in [4.78, 5) is 12.1. The van der Waals surface area contributed by atoms with Crippen molar-refractivity contribution in [1.29, 1.82) is 0 Å². The molecule has 2 aromatic rings. The molecule has 2 rings (SSSR count). The van der Waals surface area contributed by atoms with Gasteiger partial charge in [0.25, 0.3) is 5.91 Å². The number of benzene rings is 1. The van der Waals surface area contributed by atoms with E-state index in [-0.39, 0.29) is 12.4 Å². The van der Waals surface area contributed by atoms with Crippen LogP contribution in [0.2, 0.25) is 0 Å². The lowest BCUT2D eigenvalue weighted by molar-refractivity contribution is 0.102. The van der Waals surface area contributed by atoms with Gasteiger partial charge < -0.3 is 19.3 Å². The Kier molecular flexibility index (Phi) is 5.48. The number of hydrogen-bond donors (Lipinski definition) is 1. The minimum Gasteiger partial charge on any atom is -0.488 e. The van der Waals surface area contributed by atoms with Gasteiger partial charge in [0.1, 0.15) is 17.9 Å². The third-order valence-corrected chi connectivity index (χ3v) is 2.95. The molecule has 0 radical (unpaired) electrons. The van der Waals surface area contributed by atoms with E-state index in [0.717, 1.165) is 0 Å². The molecular weight excluding hydrogens is 291 g/mol. The molecule has 1 heterocycles. The molecule has 0 aliphatic rings. The van der Waals surface area contributed by atoms with Crippen LogP contribution >= 0.6 is 0 Å². The molecule has 0 fully saturated rings. The van der Waals surface area contributed by atoms with Gasteiger partial charge in [-0.15, -0.1) is 0 Å². The minimum atomic E-state index is -0.560. The molecule has 1 amide bonds. The van der Waals surface area contributed by atoms with Gasteiger partial charge in [-0.2, -0.15) is 0 Å². The second-order valence-electron chi connectivity index (χ2n) is 4.46. The van der Waals surface area contributed by atoms with Crippen molar-refractivity contribution in [3.8, 4) is 5.75 Å². The lowest BCUT2D eigenvalue weighted by Gasteiger charge is -2.09. The number of rotatable bonds is 7. The molecule has 1 aromatic carbocycles. The topological polar surface area (TPSA) is 73.6 Å². The molecule has 1 N–H and O–H groups in total. The molecule has 7 heteroatoms. The van der Waals surface area contributed by atoms with Crippen molar-refractivity contribution in [3.05, 3.63) is 41.5 Å². The zero-order valence-corrected chi connectivity index (χ0v) is 12.4. The maximum absolute atomic E-state index is 13.9. The number of anilines is 1. The van der Waals surface area contributed by atoms with E-state index >= 15 is 0 Å². The quantitative estimate of drug-likeness (QED) is 0.796. The SMILES string of the molecule is CCc1oncc1C(=O)Nc1ccc(OCCOC)c(F)c1. The Morgan fingerprint density at radius 3 is 2.91 bits per heavy atom. The molecule has 118 valence electrons. The van der Waals surface area contributed by atoms with Gasteiger partial charge in [-0.1, -0.05) is 12.1 Å². The van der Waals surface area contributed by atoms with E-state index in [1.807, 2.05) is 6.92 Å². The molecule has 22 heavy (non-hydrogen) atoms. The summed E-state index contributed by atoms with van der Waals surface area (Å²) in [7, 11) is 1.54. The second kappa shape index (κ2) is 7.56. The number of hydrogen-bond acceptors (Lipinski definition) is 5. The van der Waals surface area contributed by atoms with E-state index in [1.54, 1.807) is 6.07 Å². The van der Waals surface area contributed by atoms with Crippen LogP contribution in [0.1, 0.15) is 23.0 Å². The average Bonchev–Trinajstić information content (AvgIpc) is 2.98. The van der Waals surface area contributed by atoms with Crippen molar-refractivity contribution in [3.63, 3.8) is 0 Å². The predicted octanol–water partition coefficient (Wildman–Crippen LogP) is 2.65. The first-order valence-electron chi connectivity index (χ1n) is 6.82. The fourth-order valence-electron chi connectivity index (χ4n) is 1.83. The minimum absolute atomic E-state index is 0.106. The molecule has 0 atom stereocenters. The Labute approximate surface area is 127 Å². The van der Waals surface area contributed by atoms with Gasteiger partial charge in [0.2, 0.25) is 0 Å². The van der Waals surface area contributed by atoms with Crippen molar-refractivity contribution in [2.24, 2.45) is 0 Å². The number of aromatic nitrogens is 1. The summed E-state index contributed by atoms with van der Waals surface area (Å²) in [6.45, 7) is 2.47. The number of nitrogens with one attached hydrogen (secondary N) is 1. The summed E-state index contributed by atoms with van der Waals surface area (Å²) in [5, 5.41) is 6.18. The third kappa shape index (κ3) is 3.82. The highest BCUT2D eigenvalue weighted by atomic mass is 19.1. The zero-order valence-electron chi connectivity index (χ0n) is 12.4. The standard InChI is InChI=1S/C15H17FN2O4/c1-3-13-11(9-17-22-13)15(19)18-10-4-5-14(12(16)8-10)21-7-6-20-2/h4-5,8-9H,3,6-7H2,1-2H3,(H,18,19). The van der Waals surface area contributed by atoms with Crippen LogP contribution in [0.15, 0.2) is 28.9 Å². The van der Waals surface area contributed by atoms with Gasteiger partial charge >= 0.3 is 0 Å². The molecule has 0 spiro atoms. The first kappa shape index (κ1) is 16.0. The maximum Gasteiger partial charge on any atom is 0.260 e. The van der Waals surface area contributed by atoms with Gasteiger partial charge in [0.05, 0.1) is 12.8 Å². The molecule has 6 nitrogen and oxygen atoms in total. The van der Waals surface area contributed by atoms with Gasteiger partial charge in [-0.05, 0) is 12.1 Å². The first-order valence-corrected chi connectivity index (χ1v) is 6.82. The molecule has 1 aromatic heterocycles. The molecule has 0 saturated heterocycles. The van der Waals surface area contributed by atoms with Gasteiger partial charge in [0.15, 0.2) is 11.6 Å². The number of aryl methyl sites for hydroxylation is 1. The monoisotopic (exact) mass is 308 g/mol. The molecule has 0 bridgehead atoms. The summed E-state index contributed by atoms with van der Waals surface area (Å²) < 4.78 is 28.9. The largest absolute Gasteiger partial charge is 0.488 e. The smallest absolute Gasteiger partial charge is 0.260 e. The Hall–Kier alpha value is -2.41. The summed E-state index contributed by atoms with van der Waals surface area (Å²) in [6, 6.07) is 4.20. The first-order chi connectivity index (χ1) is 10.7. The number of carbonyl (C=O) groups is 1. The molecule has 0 unspecified atom stereocenters. The Bertz CT molecular complexity index is 642. The number of amides is 1. The molecular formula is C15H17FN2O4. The van der Waals surface area contributed by atoms with E-state index < -0.39 is 11.7 Å². The van der Waals surface area contributed by atoms with Crippen LogP contribution in [0.25, 0.3) is 0 Å². The van der Waals surface area contributed by atoms with Crippen molar-refractivity contribution in [2.45, 2.75) is 13.3 Å². The summed E-state index contributed by atoms with van der Waals surface area (Å²) in [6.07, 6.45) is 1.89. The van der Waals surface area contributed by atoms with Crippen LogP contribution < -0.4 is 10.1 Å². The highest BCUT2D eigenvalue weighted by Gasteiger charge is 2.15. The number of ether oxygens (including phenoxy) is 2. The average molecular weight is 308 g/mol. The fourth-order valence-corrected chi connectivity index (χ4v) is 1.83. The fraction of sp³-hybridized carbons (Fsp3) is 0.333.